The Labute approximate surface area is 103 Å². The fraction of sp³-hybridized carbons (Fsp3) is 0. The van der Waals surface area contributed by atoms with Crippen molar-refractivity contribution in [2.75, 3.05) is 0 Å². The molecule has 0 fully saturated rings. The minimum atomic E-state index is -0.252. The third-order valence-electron chi connectivity index (χ3n) is 2.32. The zero-order chi connectivity index (χ0) is 13.1. The Bertz CT molecular complexity index is 554. The van der Waals surface area contributed by atoms with Crippen molar-refractivity contribution in [3.8, 4) is 23.0 Å². The maximum Gasteiger partial charge on any atom is 0.159 e. The minimum absolute atomic E-state index is 0.200. The molecule has 4 N–H and O–H groups in total. The van der Waals surface area contributed by atoms with E-state index < -0.39 is 0 Å². The second-order valence-corrected chi connectivity index (χ2v) is 3.68. The van der Waals surface area contributed by atoms with Crippen LogP contribution in [0.3, 0.4) is 0 Å². The maximum atomic E-state index is 9.29. The van der Waals surface area contributed by atoms with Crippen molar-refractivity contribution in [2.24, 2.45) is 4.99 Å². The number of hydrogen-bond acceptors (Lipinski definition) is 5. The fourth-order valence-corrected chi connectivity index (χ4v) is 1.36. The number of phenols is 4. The van der Waals surface area contributed by atoms with Gasteiger partial charge in [0.25, 0.3) is 0 Å². The lowest BCUT2D eigenvalue weighted by molar-refractivity contribution is 0.403. The van der Waals surface area contributed by atoms with Gasteiger partial charge in [-0.3, -0.25) is 4.99 Å². The number of benzene rings is 2. The van der Waals surface area contributed by atoms with Crippen LogP contribution in [-0.4, -0.2) is 26.6 Å². The van der Waals surface area contributed by atoms with Gasteiger partial charge < -0.3 is 20.4 Å². The van der Waals surface area contributed by atoms with Gasteiger partial charge in [-0.05, 0) is 35.9 Å². The van der Waals surface area contributed by atoms with E-state index in [1.54, 1.807) is 6.07 Å². The molecule has 0 bridgehead atoms. The van der Waals surface area contributed by atoms with Crippen LogP contribution in [0.5, 0.6) is 23.0 Å². The first kappa shape index (κ1) is 11.8. The Kier molecular flexibility index (Phi) is 3.05. The summed E-state index contributed by atoms with van der Waals surface area (Å²) in [7, 11) is 0. The number of rotatable bonds is 2. The van der Waals surface area contributed by atoms with E-state index in [0.29, 0.717) is 11.3 Å². The Morgan fingerprint density at radius 1 is 0.722 bits per heavy atom. The Morgan fingerprint density at radius 2 is 1.33 bits per heavy atom. The van der Waals surface area contributed by atoms with Gasteiger partial charge in [0.2, 0.25) is 0 Å². The molecule has 0 atom stereocenters. The van der Waals surface area contributed by atoms with E-state index in [0.717, 1.165) is 0 Å². The van der Waals surface area contributed by atoms with Crippen molar-refractivity contribution < 1.29 is 20.4 Å². The van der Waals surface area contributed by atoms with Crippen molar-refractivity contribution in [3.05, 3.63) is 42.0 Å². The molecule has 0 aromatic heterocycles. The van der Waals surface area contributed by atoms with Crippen molar-refractivity contribution in [1.29, 1.82) is 0 Å². The topological polar surface area (TPSA) is 93.3 Å². The van der Waals surface area contributed by atoms with Crippen molar-refractivity contribution in [3.63, 3.8) is 0 Å². The molecular weight excluding hydrogens is 234 g/mol. The third-order valence-corrected chi connectivity index (χ3v) is 2.32. The molecular formula is C13H11NO4. The smallest absolute Gasteiger partial charge is 0.159 e. The number of aromatic hydroxyl groups is 4. The summed E-state index contributed by atoms with van der Waals surface area (Å²) >= 11 is 0. The zero-order valence-corrected chi connectivity index (χ0v) is 9.28. The molecule has 0 radical (unpaired) electrons. The van der Waals surface area contributed by atoms with E-state index in [9.17, 15) is 10.2 Å². The van der Waals surface area contributed by atoms with E-state index in [1.165, 1.54) is 36.5 Å². The van der Waals surface area contributed by atoms with E-state index in [-0.39, 0.29) is 23.0 Å². The summed E-state index contributed by atoms with van der Waals surface area (Å²) in [6.07, 6.45) is 1.46. The Hall–Kier alpha value is -2.69. The first-order valence-electron chi connectivity index (χ1n) is 5.14. The van der Waals surface area contributed by atoms with Crippen molar-refractivity contribution in [1.82, 2.24) is 0 Å². The van der Waals surface area contributed by atoms with Crippen LogP contribution in [-0.2, 0) is 0 Å². The van der Waals surface area contributed by atoms with Crippen LogP contribution in [0.1, 0.15) is 5.56 Å². The molecule has 2 rings (SSSR count). The first-order valence-corrected chi connectivity index (χ1v) is 5.14. The van der Waals surface area contributed by atoms with Crippen LogP contribution in [0.25, 0.3) is 0 Å². The van der Waals surface area contributed by atoms with Gasteiger partial charge in [0.15, 0.2) is 23.0 Å². The van der Waals surface area contributed by atoms with Crippen LogP contribution in [0.4, 0.5) is 5.69 Å². The molecule has 0 saturated carbocycles. The Morgan fingerprint density at radius 3 is 1.94 bits per heavy atom. The standard InChI is InChI=1S/C13H11NO4/c15-10-3-1-8(5-12(10)17)7-14-9-2-4-11(16)13(18)6-9/h1-7,15-18H. The molecule has 0 spiro atoms. The summed E-state index contributed by atoms with van der Waals surface area (Å²) in [5, 5.41) is 36.8. The number of nitrogens with zero attached hydrogens (tertiary/aromatic N) is 1. The highest BCUT2D eigenvalue weighted by Crippen LogP contribution is 2.29. The summed E-state index contributed by atoms with van der Waals surface area (Å²) in [6, 6.07) is 8.47. The summed E-state index contributed by atoms with van der Waals surface area (Å²) in [4.78, 5) is 4.06. The van der Waals surface area contributed by atoms with Crippen molar-refractivity contribution in [2.45, 2.75) is 0 Å². The lowest BCUT2D eigenvalue weighted by Crippen LogP contribution is -1.80. The molecule has 0 aliphatic heterocycles. The zero-order valence-electron chi connectivity index (χ0n) is 9.28. The van der Waals surface area contributed by atoms with Crippen LogP contribution in [0, 0.1) is 0 Å². The van der Waals surface area contributed by atoms with Crippen LogP contribution < -0.4 is 0 Å². The van der Waals surface area contributed by atoms with E-state index in [4.69, 9.17) is 10.2 Å². The van der Waals surface area contributed by atoms with Crippen LogP contribution in [0.2, 0.25) is 0 Å². The summed E-state index contributed by atoms with van der Waals surface area (Å²) in [5.41, 5.74) is 1.05. The second-order valence-electron chi connectivity index (χ2n) is 3.68. The number of aliphatic imine (C=N–C) groups is 1. The largest absolute Gasteiger partial charge is 0.504 e. The van der Waals surface area contributed by atoms with Crippen LogP contribution in [0.15, 0.2) is 41.4 Å². The molecule has 0 amide bonds. The summed E-state index contributed by atoms with van der Waals surface area (Å²) < 4.78 is 0. The number of hydrogen-bond donors (Lipinski definition) is 4. The molecule has 5 nitrogen and oxygen atoms in total. The molecule has 0 saturated heterocycles. The highest BCUT2D eigenvalue weighted by Gasteiger charge is 2.00. The van der Waals surface area contributed by atoms with Gasteiger partial charge in [-0.2, -0.15) is 0 Å². The van der Waals surface area contributed by atoms with Gasteiger partial charge in [-0.25, -0.2) is 0 Å². The van der Waals surface area contributed by atoms with E-state index >= 15 is 0 Å². The monoisotopic (exact) mass is 245 g/mol. The van der Waals surface area contributed by atoms with E-state index in [2.05, 4.69) is 4.99 Å². The molecule has 18 heavy (non-hydrogen) atoms. The number of phenolic OH excluding ortho intramolecular Hbond substituents is 4. The quantitative estimate of drug-likeness (QED) is 0.482. The maximum absolute atomic E-state index is 9.29. The predicted octanol–water partition coefficient (Wildman–Crippen LogP) is 2.26. The lowest BCUT2D eigenvalue weighted by atomic mass is 10.2. The highest BCUT2D eigenvalue weighted by molar-refractivity contribution is 5.83. The van der Waals surface area contributed by atoms with Gasteiger partial charge in [-0.1, -0.05) is 0 Å². The first-order chi connectivity index (χ1) is 8.56. The highest BCUT2D eigenvalue weighted by atomic mass is 16.3. The fourth-order valence-electron chi connectivity index (χ4n) is 1.36. The molecule has 0 heterocycles. The molecule has 92 valence electrons. The third kappa shape index (κ3) is 2.52. The lowest BCUT2D eigenvalue weighted by Gasteiger charge is -2.00. The van der Waals surface area contributed by atoms with Gasteiger partial charge >= 0.3 is 0 Å². The van der Waals surface area contributed by atoms with Crippen LogP contribution >= 0.6 is 0 Å². The van der Waals surface area contributed by atoms with E-state index in [1.807, 2.05) is 0 Å². The summed E-state index contributed by atoms with van der Waals surface area (Å²) in [5.74, 6) is -0.892. The van der Waals surface area contributed by atoms with Gasteiger partial charge in [0.05, 0.1) is 5.69 Å². The van der Waals surface area contributed by atoms with Gasteiger partial charge in [0.1, 0.15) is 0 Å². The average Bonchev–Trinajstić information content (AvgIpc) is 2.35. The molecule has 0 aliphatic rings. The summed E-state index contributed by atoms with van der Waals surface area (Å²) in [6.45, 7) is 0. The molecule has 2 aromatic carbocycles. The van der Waals surface area contributed by atoms with Gasteiger partial charge in [-0.15, -0.1) is 0 Å². The second kappa shape index (κ2) is 4.67. The molecule has 0 aliphatic carbocycles. The SMILES string of the molecule is Oc1ccc(C=Nc2ccc(O)c(O)c2)cc1O. The molecule has 0 unspecified atom stereocenters. The molecule has 2 aromatic rings. The van der Waals surface area contributed by atoms with Crippen molar-refractivity contribution >= 4 is 11.9 Å². The van der Waals surface area contributed by atoms with Gasteiger partial charge in [0, 0.05) is 12.3 Å². The predicted molar refractivity (Wildman–Crippen MR) is 66.8 cm³/mol. The molecule has 5 heteroatoms. The normalized spacial score (nSPS) is 10.9. The Balaban J connectivity index is 2.24. The average molecular weight is 245 g/mol. The minimum Gasteiger partial charge on any atom is -0.504 e.